The highest BCUT2D eigenvalue weighted by molar-refractivity contribution is 5.96. The highest BCUT2D eigenvalue weighted by Crippen LogP contribution is 2.51. The van der Waals surface area contributed by atoms with E-state index in [1.165, 1.54) is 72.4 Å². The van der Waals surface area contributed by atoms with Crippen LogP contribution in [-0.4, -0.2) is 4.57 Å². The lowest BCUT2D eigenvalue weighted by Crippen LogP contribution is -2.16. The van der Waals surface area contributed by atoms with Crippen molar-refractivity contribution in [1.29, 1.82) is 0 Å². The highest BCUT2D eigenvalue weighted by atomic mass is 15.1. The minimum atomic E-state index is -0.0894. The van der Waals surface area contributed by atoms with Crippen molar-refractivity contribution in [2.24, 2.45) is 5.92 Å². The minimum Gasteiger partial charge on any atom is -0.313 e. The van der Waals surface area contributed by atoms with Gasteiger partial charge in [-0.3, -0.25) is 0 Å². The molecule has 0 saturated heterocycles. The molecule has 0 amide bonds. The van der Waals surface area contributed by atoms with Gasteiger partial charge in [0.15, 0.2) is 0 Å². The molecular formula is C52H42N2. The molecular weight excluding hydrogens is 653 g/mol. The summed E-state index contributed by atoms with van der Waals surface area (Å²) in [5.41, 5.74) is 18.8. The van der Waals surface area contributed by atoms with Crippen molar-refractivity contribution in [1.82, 2.24) is 4.57 Å². The Kier molecular flexibility index (Phi) is 7.56. The Morgan fingerprint density at radius 2 is 1.17 bits per heavy atom. The molecule has 0 radical (unpaired) electrons. The second-order valence-electron chi connectivity index (χ2n) is 15.5. The summed E-state index contributed by atoms with van der Waals surface area (Å²) >= 11 is 0. The summed E-state index contributed by atoms with van der Waals surface area (Å²) in [6.07, 6.45) is 5.74. The zero-order valence-corrected chi connectivity index (χ0v) is 31.0. The van der Waals surface area contributed by atoms with Crippen molar-refractivity contribution in [3.8, 4) is 39.1 Å². The molecule has 0 fully saturated rings. The van der Waals surface area contributed by atoms with E-state index in [1.807, 2.05) is 0 Å². The number of aromatic nitrogens is 1. The predicted octanol–water partition coefficient (Wildman–Crippen LogP) is 13.9. The molecule has 1 atom stereocenters. The van der Waals surface area contributed by atoms with Crippen LogP contribution in [-0.2, 0) is 11.8 Å². The first kappa shape index (κ1) is 32.3. The Labute approximate surface area is 318 Å². The van der Waals surface area contributed by atoms with E-state index in [4.69, 9.17) is 0 Å². The molecule has 1 heterocycles. The summed E-state index contributed by atoms with van der Waals surface area (Å²) in [6, 6.07) is 62.5. The Hall–Kier alpha value is -6.38. The summed E-state index contributed by atoms with van der Waals surface area (Å²) in [5, 5.41) is 1.31. The summed E-state index contributed by atoms with van der Waals surface area (Å²) in [5.74, 6) is 0.514. The molecule has 8 aromatic rings. The van der Waals surface area contributed by atoms with E-state index in [-0.39, 0.29) is 5.41 Å². The van der Waals surface area contributed by atoms with Crippen LogP contribution < -0.4 is 4.90 Å². The lowest BCUT2D eigenvalue weighted by molar-refractivity contribution is 0.660. The Morgan fingerprint density at radius 3 is 1.98 bits per heavy atom. The Balaban J connectivity index is 1.08. The van der Waals surface area contributed by atoms with Crippen molar-refractivity contribution in [2.75, 3.05) is 4.90 Å². The average Bonchev–Trinajstić information content (AvgIpc) is 3.66. The first-order valence-electron chi connectivity index (χ1n) is 19.2. The number of benzene rings is 7. The van der Waals surface area contributed by atoms with Crippen molar-refractivity contribution < 1.29 is 0 Å². The van der Waals surface area contributed by atoms with Crippen LogP contribution in [0.15, 0.2) is 176 Å². The third-order valence-electron chi connectivity index (χ3n) is 11.7. The van der Waals surface area contributed by atoms with Gasteiger partial charge >= 0.3 is 0 Å². The van der Waals surface area contributed by atoms with Gasteiger partial charge in [-0.25, -0.2) is 0 Å². The normalized spacial score (nSPS) is 15.1. The summed E-state index contributed by atoms with van der Waals surface area (Å²) in [7, 11) is 0. The van der Waals surface area contributed by atoms with E-state index in [0.29, 0.717) is 5.92 Å². The van der Waals surface area contributed by atoms with Gasteiger partial charge in [0.25, 0.3) is 0 Å². The van der Waals surface area contributed by atoms with Gasteiger partial charge in [-0.1, -0.05) is 142 Å². The third-order valence-corrected chi connectivity index (χ3v) is 11.7. The van der Waals surface area contributed by atoms with Crippen LogP contribution in [0.25, 0.3) is 56.0 Å². The highest BCUT2D eigenvalue weighted by Gasteiger charge is 2.35. The smallest absolute Gasteiger partial charge is 0.0538 e. The molecule has 1 unspecified atom stereocenters. The molecule has 7 aromatic carbocycles. The van der Waals surface area contributed by atoms with E-state index in [0.717, 1.165) is 23.5 Å². The van der Waals surface area contributed by atoms with Gasteiger partial charge < -0.3 is 9.47 Å². The fraction of sp³-hybridized carbons (Fsp3) is 0.115. The topological polar surface area (TPSA) is 8.17 Å². The lowest BCUT2D eigenvalue weighted by atomic mass is 9.82. The number of para-hydroxylation sites is 1. The van der Waals surface area contributed by atoms with Crippen LogP contribution in [0.5, 0.6) is 0 Å². The second kappa shape index (κ2) is 12.6. The first-order chi connectivity index (χ1) is 26.4. The fourth-order valence-electron chi connectivity index (χ4n) is 8.98. The molecule has 2 heteroatoms. The zero-order chi connectivity index (χ0) is 36.4. The summed E-state index contributed by atoms with van der Waals surface area (Å²) in [4.78, 5) is 2.42. The third kappa shape index (κ3) is 5.24. The molecule has 0 N–H and O–H groups in total. The second-order valence-corrected chi connectivity index (χ2v) is 15.5. The number of allylic oxidation sites excluding steroid dienone is 1. The van der Waals surface area contributed by atoms with Crippen LogP contribution in [0.1, 0.15) is 43.2 Å². The van der Waals surface area contributed by atoms with E-state index >= 15 is 0 Å². The molecule has 0 spiro atoms. The van der Waals surface area contributed by atoms with Crippen LogP contribution in [0, 0.1) is 5.92 Å². The molecule has 0 aliphatic heterocycles. The molecule has 1 aromatic heterocycles. The number of nitrogens with zero attached hydrogens (tertiary/aromatic N) is 2. The monoisotopic (exact) mass is 694 g/mol. The maximum absolute atomic E-state index is 2.47. The van der Waals surface area contributed by atoms with Crippen molar-refractivity contribution in [2.45, 2.75) is 32.6 Å². The largest absolute Gasteiger partial charge is 0.313 e. The quantitative estimate of drug-likeness (QED) is 0.168. The predicted molar refractivity (Wildman–Crippen MR) is 228 cm³/mol. The van der Waals surface area contributed by atoms with Crippen LogP contribution in [0.3, 0.4) is 0 Å². The first-order valence-corrected chi connectivity index (χ1v) is 19.2. The van der Waals surface area contributed by atoms with Crippen molar-refractivity contribution >= 4 is 34.0 Å². The fourth-order valence-corrected chi connectivity index (χ4v) is 8.98. The molecule has 2 nitrogen and oxygen atoms in total. The molecule has 10 rings (SSSR count). The summed E-state index contributed by atoms with van der Waals surface area (Å²) in [6.45, 7) is 7.02. The Morgan fingerprint density at radius 1 is 0.537 bits per heavy atom. The van der Waals surface area contributed by atoms with Gasteiger partial charge in [-0.05, 0) is 118 Å². The lowest BCUT2D eigenvalue weighted by Gasteiger charge is -2.28. The molecule has 2 aliphatic rings. The van der Waals surface area contributed by atoms with Gasteiger partial charge in [0.05, 0.1) is 5.52 Å². The number of hydrogen-bond acceptors (Lipinski definition) is 1. The maximum Gasteiger partial charge on any atom is 0.0538 e. The van der Waals surface area contributed by atoms with Crippen LogP contribution >= 0.6 is 0 Å². The van der Waals surface area contributed by atoms with E-state index < -0.39 is 0 Å². The van der Waals surface area contributed by atoms with E-state index in [1.54, 1.807) is 0 Å². The molecule has 2 aliphatic carbocycles. The molecule has 0 saturated carbocycles. The number of anilines is 3. The number of hydrogen-bond donors (Lipinski definition) is 0. The number of rotatable bonds is 6. The Bertz CT molecular complexity index is 2710. The maximum atomic E-state index is 2.47. The molecule has 260 valence electrons. The standard InChI is InChI=1S/C52H42N2/c1-35-21-28-46-47-33-39(24-30-50(47)54(51(46)31-35)40-16-8-5-9-17-40)37-22-25-41(26-23-37)53(42-18-12-15-38(32-42)36-13-6-4-7-14-36)43-27-29-45-44-19-10-11-20-48(44)52(2,3)49(45)34-43/h4-30,32-35H,31H2,1-3H3. The van der Waals surface area contributed by atoms with E-state index in [2.05, 4.69) is 212 Å². The van der Waals surface area contributed by atoms with Crippen molar-refractivity contribution in [3.05, 3.63) is 198 Å². The summed E-state index contributed by atoms with van der Waals surface area (Å²) < 4.78 is 2.47. The van der Waals surface area contributed by atoms with Gasteiger partial charge in [-0.2, -0.15) is 0 Å². The number of fused-ring (bicyclic) bond motifs is 6. The molecule has 54 heavy (non-hydrogen) atoms. The van der Waals surface area contributed by atoms with E-state index in [9.17, 15) is 0 Å². The molecule has 0 bridgehead atoms. The van der Waals surface area contributed by atoms with Gasteiger partial charge in [0, 0.05) is 44.8 Å². The zero-order valence-electron chi connectivity index (χ0n) is 31.0. The SMILES string of the molecule is CC1C=Cc2c(n(-c3ccccc3)c3ccc(-c4ccc(N(c5cccc(-c6ccccc6)c5)c5ccc6c(c5)C(C)(C)c5ccccc5-6)cc4)cc23)C1. The minimum absolute atomic E-state index is 0.0894. The van der Waals surface area contributed by atoms with Gasteiger partial charge in [0.2, 0.25) is 0 Å². The van der Waals surface area contributed by atoms with Gasteiger partial charge in [-0.15, -0.1) is 0 Å². The van der Waals surface area contributed by atoms with Crippen LogP contribution in [0.2, 0.25) is 0 Å². The van der Waals surface area contributed by atoms with Gasteiger partial charge in [0.1, 0.15) is 0 Å². The average molecular weight is 695 g/mol. The van der Waals surface area contributed by atoms with Crippen molar-refractivity contribution in [3.63, 3.8) is 0 Å². The van der Waals surface area contributed by atoms with Crippen LogP contribution in [0.4, 0.5) is 17.1 Å².